The fraction of sp³-hybridized carbons (Fsp3) is 0.300. The maximum absolute atomic E-state index is 11.9. The molecule has 2 aromatic carbocycles. The fourth-order valence-electron chi connectivity index (χ4n) is 2.26. The first-order valence-corrected chi connectivity index (χ1v) is 8.57. The predicted octanol–water partition coefficient (Wildman–Crippen LogP) is 3.15. The predicted molar refractivity (Wildman–Crippen MR) is 104 cm³/mol. The molecule has 138 valence electrons. The van der Waals surface area contributed by atoms with E-state index in [0.29, 0.717) is 23.8 Å². The standard InChI is InChI=1S/C20H25N3O3/c1-4-25-19-11-16(7-10-18(19)26-14(2)3)13-22-23-20(24)12-15-5-8-17(21)9-6-15/h5-11,13-14H,4,12,21H2,1-3H3,(H,23,24)/b22-13-. The monoisotopic (exact) mass is 355 g/mol. The van der Waals surface area contributed by atoms with Crippen LogP contribution in [0.25, 0.3) is 0 Å². The fourth-order valence-corrected chi connectivity index (χ4v) is 2.26. The SMILES string of the molecule is CCOc1cc(/C=N\NC(=O)Cc2ccc(N)cc2)ccc1OC(C)C. The van der Waals surface area contributed by atoms with Crippen LogP contribution >= 0.6 is 0 Å². The van der Waals surface area contributed by atoms with Gasteiger partial charge in [-0.15, -0.1) is 0 Å². The van der Waals surface area contributed by atoms with Gasteiger partial charge < -0.3 is 15.2 Å². The molecule has 0 saturated carbocycles. The number of nitrogen functional groups attached to an aromatic ring is 1. The van der Waals surface area contributed by atoms with Crippen molar-refractivity contribution in [3.05, 3.63) is 53.6 Å². The Bertz CT molecular complexity index is 755. The van der Waals surface area contributed by atoms with Crippen LogP contribution in [0.2, 0.25) is 0 Å². The summed E-state index contributed by atoms with van der Waals surface area (Å²) in [5.41, 5.74) is 10.5. The van der Waals surface area contributed by atoms with E-state index in [-0.39, 0.29) is 18.4 Å². The Morgan fingerprint density at radius 1 is 1.19 bits per heavy atom. The summed E-state index contributed by atoms with van der Waals surface area (Å²) in [4.78, 5) is 11.9. The van der Waals surface area contributed by atoms with Crippen LogP contribution in [0.3, 0.4) is 0 Å². The van der Waals surface area contributed by atoms with Crippen molar-refractivity contribution in [1.82, 2.24) is 5.43 Å². The normalized spacial score (nSPS) is 10.9. The van der Waals surface area contributed by atoms with E-state index in [0.717, 1.165) is 11.1 Å². The molecule has 1 amide bonds. The second kappa shape index (κ2) is 9.46. The van der Waals surface area contributed by atoms with E-state index < -0.39 is 0 Å². The number of rotatable bonds is 8. The Balaban J connectivity index is 1.97. The minimum absolute atomic E-state index is 0.0568. The molecule has 26 heavy (non-hydrogen) atoms. The lowest BCUT2D eigenvalue weighted by Crippen LogP contribution is -2.19. The minimum atomic E-state index is -0.198. The summed E-state index contributed by atoms with van der Waals surface area (Å²) in [5, 5.41) is 4.00. The Kier molecular flexibility index (Phi) is 7.02. The Morgan fingerprint density at radius 3 is 2.58 bits per heavy atom. The number of ether oxygens (including phenoxy) is 2. The van der Waals surface area contributed by atoms with Gasteiger partial charge in [-0.05, 0) is 62.2 Å². The van der Waals surface area contributed by atoms with Crippen molar-refractivity contribution in [2.24, 2.45) is 5.10 Å². The molecule has 0 radical (unpaired) electrons. The summed E-state index contributed by atoms with van der Waals surface area (Å²) in [6, 6.07) is 12.7. The number of anilines is 1. The number of amides is 1. The van der Waals surface area contributed by atoms with Crippen LogP contribution in [-0.4, -0.2) is 24.8 Å². The second-order valence-electron chi connectivity index (χ2n) is 6.02. The molecule has 2 aromatic rings. The summed E-state index contributed by atoms with van der Waals surface area (Å²) in [7, 11) is 0. The van der Waals surface area contributed by atoms with Gasteiger partial charge in [-0.1, -0.05) is 12.1 Å². The first-order valence-electron chi connectivity index (χ1n) is 8.57. The van der Waals surface area contributed by atoms with Crippen LogP contribution < -0.4 is 20.6 Å². The zero-order valence-corrected chi connectivity index (χ0v) is 15.4. The number of nitrogens with two attached hydrogens (primary N) is 1. The molecule has 6 nitrogen and oxygen atoms in total. The number of nitrogens with one attached hydrogen (secondary N) is 1. The van der Waals surface area contributed by atoms with E-state index in [1.165, 1.54) is 0 Å². The van der Waals surface area contributed by atoms with Crippen LogP contribution in [0.1, 0.15) is 31.9 Å². The highest BCUT2D eigenvalue weighted by molar-refractivity contribution is 5.84. The van der Waals surface area contributed by atoms with Gasteiger partial charge >= 0.3 is 0 Å². The highest BCUT2D eigenvalue weighted by atomic mass is 16.5. The summed E-state index contributed by atoms with van der Waals surface area (Å²) in [6.45, 7) is 6.37. The number of carbonyl (C=O) groups is 1. The minimum Gasteiger partial charge on any atom is -0.490 e. The van der Waals surface area contributed by atoms with E-state index in [2.05, 4.69) is 10.5 Å². The van der Waals surface area contributed by atoms with E-state index >= 15 is 0 Å². The molecule has 0 saturated heterocycles. The average Bonchev–Trinajstić information content (AvgIpc) is 2.59. The highest BCUT2D eigenvalue weighted by Gasteiger charge is 2.08. The van der Waals surface area contributed by atoms with Crippen LogP contribution in [0.15, 0.2) is 47.6 Å². The number of hydrogen-bond acceptors (Lipinski definition) is 5. The number of hydrogen-bond donors (Lipinski definition) is 2. The highest BCUT2D eigenvalue weighted by Crippen LogP contribution is 2.28. The van der Waals surface area contributed by atoms with Crippen molar-refractivity contribution in [2.45, 2.75) is 33.3 Å². The number of nitrogens with zero attached hydrogens (tertiary/aromatic N) is 1. The summed E-state index contributed by atoms with van der Waals surface area (Å²) in [5.74, 6) is 1.14. The quantitative estimate of drug-likeness (QED) is 0.433. The Hall–Kier alpha value is -3.02. The molecule has 0 aromatic heterocycles. The molecular weight excluding hydrogens is 330 g/mol. The molecule has 0 aliphatic rings. The van der Waals surface area contributed by atoms with Gasteiger partial charge in [0, 0.05) is 5.69 Å². The maximum atomic E-state index is 11.9. The van der Waals surface area contributed by atoms with Gasteiger partial charge in [0.25, 0.3) is 0 Å². The Labute approximate surface area is 154 Å². The Morgan fingerprint density at radius 2 is 1.92 bits per heavy atom. The van der Waals surface area contributed by atoms with Crippen molar-refractivity contribution in [1.29, 1.82) is 0 Å². The topological polar surface area (TPSA) is 85.9 Å². The number of benzene rings is 2. The first-order chi connectivity index (χ1) is 12.5. The van der Waals surface area contributed by atoms with Crippen molar-refractivity contribution in [2.75, 3.05) is 12.3 Å². The summed E-state index contributed by atoms with van der Waals surface area (Å²) >= 11 is 0. The van der Waals surface area contributed by atoms with E-state index in [9.17, 15) is 4.79 Å². The molecule has 0 aliphatic carbocycles. The van der Waals surface area contributed by atoms with E-state index in [4.69, 9.17) is 15.2 Å². The van der Waals surface area contributed by atoms with Gasteiger partial charge in [0.2, 0.25) is 5.91 Å². The van der Waals surface area contributed by atoms with Crippen molar-refractivity contribution in [3.63, 3.8) is 0 Å². The molecular formula is C20H25N3O3. The first kappa shape index (κ1) is 19.3. The van der Waals surface area contributed by atoms with Crippen molar-refractivity contribution in [3.8, 4) is 11.5 Å². The zero-order chi connectivity index (χ0) is 18.9. The van der Waals surface area contributed by atoms with Gasteiger partial charge in [-0.25, -0.2) is 5.43 Å². The third-order valence-electron chi connectivity index (χ3n) is 3.38. The number of carbonyl (C=O) groups excluding carboxylic acids is 1. The van der Waals surface area contributed by atoms with Gasteiger partial charge in [0.1, 0.15) is 0 Å². The third kappa shape index (κ3) is 6.12. The largest absolute Gasteiger partial charge is 0.490 e. The molecule has 3 N–H and O–H groups in total. The molecule has 0 heterocycles. The second-order valence-corrected chi connectivity index (χ2v) is 6.02. The van der Waals surface area contributed by atoms with Crippen LogP contribution in [0.4, 0.5) is 5.69 Å². The molecule has 0 unspecified atom stereocenters. The van der Waals surface area contributed by atoms with Crippen LogP contribution in [0.5, 0.6) is 11.5 Å². The molecule has 0 fully saturated rings. The maximum Gasteiger partial charge on any atom is 0.244 e. The van der Waals surface area contributed by atoms with E-state index in [1.807, 2.05) is 51.1 Å². The average molecular weight is 355 g/mol. The smallest absolute Gasteiger partial charge is 0.244 e. The molecule has 2 rings (SSSR count). The molecule has 0 aliphatic heterocycles. The molecule has 0 spiro atoms. The van der Waals surface area contributed by atoms with Crippen molar-refractivity contribution < 1.29 is 14.3 Å². The van der Waals surface area contributed by atoms with Crippen LogP contribution in [0, 0.1) is 0 Å². The van der Waals surface area contributed by atoms with Gasteiger partial charge in [-0.3, -0.25) is 4.79 Å². The van der Waals surface area contributed by atoms with E-state index in [1.54, 1.807) is 18.3 Å². The van der Waals surface area contributed by atoms with Gasteiger partial charge in [0.05, 0.1) is 25.3 Å². The molecule has 0 bridgehead atoms. The lowest BCUT2D eigenvalue weighted by molar-refractivity contribution is -0.120. The molecule has 0 atom stereocenters. The van der Waals surface area contributed by atoms with Crippen LogP contribution in [-0.2, 0) is 11.2 Å². The molecule has 6 heteroatoms. The summed E-state index contributed by atoms with van der Waals surface area (Å²) in [6.07, 6.45) is 1.87. The van der Waals surface area contributed by atoms with Crippen molar-refractivity contribution >= 4 is 17.8 Å². The summed E-state index contributed by atoms with van der Waals surface area (Å²) < 4.78 is 11.3. The lowest BCUT2D eigenvalue weighted by Gasteiger charge is -2.14. The van der Waals surface area contributed by atoms with Gasteiger partial charge in [0.15, 0.2) is 11.5 Å². The zero-order valence-electron chi connectivity index (χ0n) is 15.4. The number of hydrazone groups is 1. The lowest BCUT2D eigenvalue weighted by atomic mass is 10.1. The third-order valence-corrected chi connectivity index (χ3v) is 3.38. The van der Waals surface area contributed by atoms with Gasteiger partial charge in [-0.2, -0.15) is 5.10 Å².